The highest BCUT2D eigenvalue weighted by atomic mass is 16.4. The van der Waals surface area contributed by atoms with Crippen molar-refractivity contribution in [3.05, 3.63) is 0 Å². The molecule has 0 heterocycles. The third-order valence-electron chi connectivity index (χ3n) is 3.15. The van der Waals surface area contributed by atoms with Crippen LogP contribution in [0.4, 0.5) is 0 Å². The van der Waals surface area contributed by atoms with E-state index >= 15 is 0 Å². The van der Waals surface area contributed by atoms with E-state index in [4.69, 9.17) is 10.4 Å². The lowest BCUT2D eigenvalue weighted by Gasteiger charge is -2.24. The quantitative estimate of drug-likeness (QED) is 0.658. The lowest BCUT2D eigenvalue weighted by molar-refractivity contribution is -0.147. The molecule has 3 heteroatoms. The van der Waals surface area contributed by atoms with Crippen LogP contribution in [0.5, 0.6) is 0 Å². The Morgan fingerprint density at radius 3 is 2.47 bits per heavy atom. The maximum absolute atomic E-state index is 11.0. The summed E-state index contributed by atoms with van der Waals surface area (Å²) in [4.78, 5) is 11.0. The molecule has 0 aliphatic carbocycles. The van der Waals surface area contributed by atoms with Crippen molar-refractivity contribution in [3.8, 4) is 6.07 Å². The standard InChI is InChI=1S/C12H21NO2/c1-4-5-6-7-8-10(2)12(3,9-13)11(14)15/h10H,4-8H2,1-3H3,(H,14,15)/t10-,12-/m1/s1. The molecule has 0 fully saturated rings. The van der Waals surface area contributed by atoms with Crippen molar-refractivity contribution in [2.24, 2.45) is 11.3 Å². The second kappa shape index (κ2) is 6.44. The van der Waals surface area contributed by atoms with Gasteiger partial charge in [-0.3, -0.25) is 4.79 Å². The molecule has 0 spiro atoms. The van der Waals surface area contributed by atoms with Crippen molar-refractivity contribution in [2.45, 2.75) is 52.9 Å². The number of nitrogens with zero attached hydrogens (tertiary/aromatic N) is 1. The van der Waals surface area contributed by atoms with Crippen molar-refractivity contribution >= 4 is 5.97 Å². The summed E-state index contributed by atoms with van der Waals surface area (Å²) in [5, 5.41) is 17.9. The van der Waals surface area contributed by atoms with Gasteiger partial charge in [-0.25, -0.2) is 0 Å². The predicted octanol–water partition coefficient (Wildman–Crippen LogP) is 3.21. The molecule has 1 N–H and O–H groups in total. The Kier molecular flexibility index (Phi) is 6.00. The average molecular weight is 211 g/mol. The summed E-state index contributed by atoms with van der Waals surface area (Å²) in [5.74, 6) is -1.09. The van der Waals surface area contributed by atoms with Gasteiger partial charge in [0, 0.05) is 0 Å². The molecule has 0 bridgehead atoms. The summed E-state index contributed by atoms with van der Waals surface area (Å²) in [7, 11) is 0. The van der Waals surface area contributed by atoms with Crippen LogP contribution in [0.1, 0.15) is 52.9 Å². The van der Waals surface area contributed by atoms with Crippen LogP contribution in [0.3, 0.4) is 0 Å². The number of nitriles is 1. The fourth-order valence-electron chi connectivity index (χ4n) is 1.53. The van der Waals surface area contributed by atoms with Crippen molar-refractivity contribution in [1.82, 2.24) is 0 Å². The third-order valence-corrected chi connectivity index (χ3v) is 3.15. The number of carboxylic acids is 1. The first-order chi connectivity index (χ1) is 6.99. The molecule has 0 aromatic rings. The van der Waals surface area contributed by atoms with Crippen LogP contribution in [0.2, 0.25) is 0 Å². The molecule has 0 amide bonds. The molecule has 0 aliphatic rings. The summed E-state index contributed by atoms with van der Waals surface area (Å²) in [5.41, 5.74) is -1.23. The SMILES string of the molecule is CCCCCC[C@@H](C)[C@@](C)(C#N)C(=O)O. The summed E-state index contributed by atoms with van der Waals surface area (Å²) in [6, 6.07) is 1.92. The molecule has 0 aromatic carbocycles. The summed E-state index contributed by atoms with van der Waals surface area (Å²) < 4.78 is 0. The molecule has 0 radical (unpaired) electrons. The molecule has 0 unspecified atom stereocenters. The van der Waals surface area contributed by atoms with Gasteiger partial charge in [0.25, 0.3) is 0 Å². The fraction of sp³-hybridized carbons (Fsp3) is 0.833. The Bertz CT molecular complexity index is 244. The Morgan fingerprint density at radius 2 is 2.07 bits per heavy atom. The van der Waals surface area contributed by atoms with Gasteiger partial charge in [-0.1, -0.05) is 39.5 Å². The number of carboxylic acid groups (broad SMARTS) is 1. The minimum Gasteiger partial charge on any atom is -0.480 e. The highest BCUT2D eigenvalue weighted by Crippen LogP contribution is 2.30. The summed E-state index contributed by atoms with van der Waals surface area (Å²) >= 11 is 0. The maximum Gasteiger partial charge on any atom is 0.324 e. The van der Waals surface area contributed by atoms with Gasteiger partial charge < -0.3 is 5.11 Å². The van der Waals surface area contributed by atoms with Crippen LogP contribution in [-0.4, -0.2) is 11.1 Å². The van der Waals surface area contributed by atoms with E-state index in [9.17, 15) is 4.79 Å². The Labute approximate surface area is 92.1 Å². The van der Waals surface area contributed by atoms with E-state index in [1.165, 1.54) is 19.8 Å². The number of unbranched alkanes of at least 4 members (excludes halogenated alkanes) is 3. The average Bonchev–Trinajstić information content (AvgIpc) is 2.22. The van der Waals surface area contributed by atoms with Gasteiger partial charge >= 0.3 is 5.97 Å². The van der Waals surface area contributed by atoms with Crippen LogP contribution >= 0.6 is 0 Å². The number of rotatable bonds is 7. The van der Waals surface area contributed by atoms with Gasteiger partial charge in [-0.2, -0.15) is 5.26 Å². The zero-order chi connectivity index (χ0) is 11.9. The third kappa shape index (κ3) is 3.91. The predicted molar refractivity (Wildman–Crippen MR) is 59.3 cm³/mol. The molecular weight excluding hydrogens is 190 g/mol. The van der Waals surface area contributed by atoms with E-state index in [1.54, 1.807) is 0 Å². The van der Waals surface area contributed by atoms with E-state index in [2.05, 4.69) is 6.92 Å². The molecule has 0 rings (SSSR count). The van der Waals surface area contributed by atoms with Crippen LogP contribution in [0.15, 0.2) is 0 Å². The molecule has 0 saturated carbocycles. The number of aliphatic carboxylic acids is 1. The van der Waals surface area contributed by atoms with Gasteiger partial charge in [0.05, 0.1) is 6.07 Å². The summed E-state index contributed by atoms with van der Waals surface area (Å²) in [6.45, 7) is 5.50. The van der Waals surface area contributed by atoms with Crippen molar-refractivity contribution < 1.29 is 9.90 Å². The van der Waals surface area contributed by atoms with Gasteiger partial charge in [0.2, 0.25) is 0 Å². The maximum atomic E-state index is 11.0. The highest BCUT2D eigenvalue weighted by molar-refractivity contribution is 5.77. The molecule has 2 atom stereocenters. The lowest BCUT2D eigenvalue weighted by atomic mass is 9.77. The number of hydrogen-bond acceptors (Lipinski definition) is 2. The molecule has 0 saturated heterocycles. The van der Waals surface area contributed by atoms with Crippen molar-refractivity contribution in [3.63, 3.8) is 0 Å². The Hall–Kier alpha value is -1.04. The monoisotopic (exact) mass is 211 g/mol. The van der Waals surface area contributed by atoms with Gasteiger partial charge in [0.1, 0.15) is 0 Å². The van der Waals surface area contributed by atoms with Crippen LogP contribution < -0.4 is 0 Å². The molecular formula is C12H21NO2. The smallest absolute Gasteiger partial charge is 0.324 e. The molecule has 0 aliphatic heterocycles. The normalized spacial score (nSPS) is 16.4. The summed E-state index contributed by atoms with van der Waals surface area (Å²) in [6.07, 6.45) is 5.31. The first kappa shape index (κ1) is 14.0. The zero-order valence-electron chi connectivity index (χ0n) is 9.92. The van der Waals surface area contributed by atoms with E-state index in [-0.39, 0.29) is 5.92 Å². The van der Waals surface area contributed by atoms with E-state index in [0.717, 1.165) is 19.3 Å². The van der Waals surface area contributed by atoms with Crippen LogP contribution in [-0.2, 0) is 4.79 Å². The molecule has 86 valence electrons. The number of carbonyl (C=O) groups is 1. The Morgan fingerprint density at radius 1 is 1.47 bits per heavy atom. The second-order valence-corrected chi connectivity index (χ2v) is 4.37. The minimum atomic E-state index is -1.23. The molecule has 15 heavy (non-hydrogen) atoms. The fourth-order valence-corrected chi connectivity index (χ4v) is 1.53. The van der Waals surface area contributed by atoms with Crippen LogP contribution in [0.25, 0.3) is 0 Å². The topological polar surface area (TPSA) is 61.1 Å². The largest absolute Gasteiger partial charge is 0.480 e. The Balaban J connectivity index is 4.13. The zero-order valence-corrected chi connectivity index (χ0v) is 9.92. The van der Waals surface area contributed by atoms with Gasteiger partial charge in [-0.05, 0) is 19.3 Å². The highest BCUT2D eigenvalue weighted by Gasteiger charge is 2.38. The molecule has 0 aromatic heterocycles. The first-order valence-corrected chi connectivity index (χ1v) is 5.63. The second-order valence-electron chi connectivity index (χ2n) is 4.37. The number of hydrogen-bond donors (Lipinski definition) is 1. The molecule has 3 nitrogen and oxygen atoms in total. The van der Waals surface area contributed by atoms with E-state index in [1.807, 2.05) is 13.0 Å². The van der Waals surface area contributed by atoms with E-state index < -0.39 is 11.4 Å². The minimum absolute atomic E-state index is 0.0862. The van der Waals surface area contributed by atoms with Crippen molar-refractivity contribution in [1.29, 1.82) is 5.26 Å². The van der Waals surface area contributed by atoms with Gasteiger partial charge in [-0.15, -0.1) is 0 Å². The van der Waals surface area contributed by atoms with Crippen LogP contribution in [0, 0.1) is 22.7 Å². The van der Waals surface area contributed by atoms with E-state index in [0.29, 0.717) is 0 Å². The van der Waals surface area contributed by atoms with Crippen molar-refractivity contribution in [2.75, 3.05) is 0 Å². The first-order valence-electron chi connectivity index (χ1n) is 5.63. The van der Waals surface area contributed by atoms with Gasteiger partial charge in [0.15, 0.2) is 5.41 Å². The lowest BCUT2D eigenvalue weighted by Crippen LogP contribution is -2.32.